The molecular weight excluding hydrogens is 186 g/mol. The van der Waals surface area contributed by atoms with E-state index in [1.165, 1.54) is 24.9 Å². The number of hydrogen-bond acceptors (Lipinski definition) is 2. The van der Waals surface area contributed by atoms with Gasteiger partial charge in [-0.05, 0) is 45.0 Å². The van der Waals surface area contributed by atoms with E-state index >= 15 is 0 Å². The number of para-hydroxylation sites is 1. The molecule has 0 radical (unpaired) electrons. The third-order valence-electron chi connectivity index (χ3n) is 3.20. The smallest absolute Gasteiger partial charge is 0.122 e. The number of benzene rings is 1. The van der Waals surface area contributed by atoms with Crippen LogP contribution in [0.5, 0.6) is 5.75 Å². The Labute approximate surface area is 91.9 Å². The second kappa shape index (κ2) is 4.67. The lowest BCUT2D eigenvalue weighted by atomic mass is 10.2. The van der Waals surface area contributed by atoms with Crippen LogP contribution in [0, 0.1) is 6.92 Å². The Morgan fingerprint density at radius 3 is 2.87 bits per heavy atom. The topological polar surface area (TPSA) is 12.5 Å². The van der Waals surface area contributed by atoms with Gasteiger partial charge in [0.15, 0.2) is 0 Å². The minimum atomic E-state index is 0.601. The van der Waals surface area contributed by atoms with Crippen molar-refractivity contribution in [1.82, 2.24) is 4.90 Å². The lowest BCUT2D eigenvalue weighted by Crippen LogP contribution is -2.30. The highest BCUT2D eigenvalue weighted by molar-refractivity contribution is 5.31. The van der Waals surface area contributed by atoms with Gasteiger partial charge in [-0.3, -0.25) is 0 Å². The zero-order valence-corrected chi connectivity index (χ0v) is 9.57. The summed E-state index contributed by atoms with van der Waals surface area (Å²) in [5, 5.41) is 0. The van der Waals surface area contributed by atoms with E-state index in [-0.39, 0.29) is 0 Å². The maximum Gasteiger partial charge on any atom is 0.122 e. The van der Waals surface area contributed by atoms with Gasteiger partial charge in [0.05, 0.1) is 0 Å². The van der Waals surface area contributed by atoms with Gasteiger partial charge >= 0.3 is 0 Å². The molecule has 0 spiro atoms. The maximum absolute atomic E-state index is 5.85. The fourth-order valence-corrected chi connectivity index (χ4v) is 2.09. The highest BCUT2D eigenvalue weighted by Gasteiger charge is 2.21. The molecule has 1 fully saturated rings. The van der Waals surface area contributed by atoms with Crippen molar-refractivity contribution in [2.24, 2.45) is 0 Å². The molecule has 0 amide bonds. The minimum absolute atomic E-state index is 0.601. The lowest BCUT2D eigenvalue weighted by Gasteiger charge is -2.20. The molecule has 1 aliphatic heterocycles. The van der Waals surface area contributed by atoms with Crippen LogP contribution in [0.2, 0.25) is 0 Å². The quantitative estimate of drug-likeness (QED) is 0.751. The molecule has 1 unspecified atom stereocenters. The number of nitrogens with zero attached hydrogens (tertiary/aromatic N) is 1. The van der Waals surface area contributed by atoms with E-state index in [0.717, 1.165) is 12.4 Å². The van der Waals surface area contributed by atoms with Gasteiger partial charge in [-0.2, -0.15) is 0 Å². The lowest BCUT2D eigenvalue weighted by molar-refractivity contribution is 0.197. The minimum Gasteiger partial charge on any atom is -0.492 e. The SMILES string of the molecule is Cc1ccccc1OCC1CCCN1C. The predicted octanol–water partition coefficient (Wildman–Crippen LogP) is 2.47. The van der Waals surface area contributed by atoms with Crippen LogP contribution >= 0.6 is 0 Å². The van der Waals surface area contributed by atoms with Gasteiger partial charge in [0.1, 0.15) is 12.4 Å². The van der Waals surface area contributed by atoms with Crippen LogP contribution in [0.25, 0.3) is 0 Å². The van der Waals surface area contributed by atoms with Crippen molar-refractivity contribution in [3.8, 4) is 5.75 Å². The second-order valence-electron chi connectivity index (χ2n) is 4.35. The van der Waals surface area contributed by atoms with Crippen LogP contribution in [-0.2, 0) is 0 Å². The molecule has 1 aliphatic rings. The molecule has 0 aromatic heterocycles. The van der Waals surface area contributed by atoms with E-state index in [0.29, 0.717) is 6.04 Å². The molecule has 2 heteroatoms. The largest absolute Gasteiger partial charge is 0.492 e. The fraction of sp³-hybridized carbons (Fsp3) is 0.538. The van der Waals surface area contributed by atoms with E-state index in [4.69, 9.17) is 4.74 Å². The molecule has 1 atom stereocenters. The standard InChI is InChI=1S/C13H19NO/c1-11-6-3-4-8-13(11)15-10-12-7-5-9-14(12)2/h3-4,6,8,12H,5,7,9-10H2,1-2H3. The highest BCUT2D eigenvalue weighted by atomic mass is 16.5. The van der Waals surface area contributed by atoms with E-state index in [2.05, 4.69) is 24.9 Å². The number of aryl methyl sites for hydroxylation is 1. The number of likely N-dealkylation sites (tertiary alicyclic amines) is 1. The van der Waals surface area contributed by atoms with Crippen LogP contribution in [0.3, 0.4) is 0 Å². The summed E-state index contributed by atoms with van der Waals surface area (Å²) in [5.41, 5.74) is 1.22. The number of ether oxygens (including phenoxy) is 1. The van der Waals surface area contributed by atoms with E-state index in [1.807, 2.05) is 18.2 Å². The number of hydrogen-bond donors (Lipinski definition) is 0. The van der Waals surface area contributed by atoms with Gasteiger partial charge < -0.3 is 9.64 Å². The van der Waals surface area contributed by atoms with E-state index < -0.39 is 0 Å². The van der Waals surface area contributed by atoms with Crippen molar-refractivity contribution in [3.05, 3.63) is 29.8 Å². The Balaban J connectivity index is 1.90. The Morgan fingerprint density at radius 2 is 2.20 bits per heavy atom. The average molecular weight is 205 g/mol. The van der Waals surface area contributed by atoms with Crippen LogP contribution in [0.15, 0.2) is 24.3 Å². The molecule has 2 rings (SSSR count). The molecular formula is C13H19NO. The molecule has 15 heavy (non-hydrogen) atoms. The molecule has 2 nitrogen and oxygen atoms in total. The Hall–Kier alpha value is -1.02. The monoisotopic (exact) mass is 205 g/mol. The second-order valence-corrected chi connectivity index (χ2v) is 4.35. The summed E-state index contributed by atoms with van der Waals surface area (Å²) in [6.45, 7) is 4.12. The summed E-state index contributed by atoms with van der Waals surface area (Å²) in [7, 11) is 2.18. The molecule has 0 bridgehead atoms. The first kappa shape index (κ1) is 10.5. The zero-order chi connectivity index (χ0) is 10.7. The molecule has 0 saturated carbocycles. The van der Waals surface area contributed by atoms with Crippen molar-refractivity contribution in [2.75, 3.05) is 20.2 Å². The van der Waals surface area contributed by atoms with Gasteiger partial charge in [0, 0.05) is 6.04 Å². The molecule has 0 N–H and O–H groups in total. The first-order chi connectivity index (χ1) is 7.27. The third kappa shape index (κ3) is 2.51. The Bertz CT molecular complexity index is 324. The first-order valence-electron chi connectivity index (χ1n) is 5.66. The molecule has 1 saturated heterocycles. The van der Waals surface area contributed by atoms with Gasteiger partial charge in [-0.25, -0.2) is 0 Å². The summed E-state index contributed by atoms with van der Waals surface area (Å²) < 4.78 is 5.85. The third-order valence-corrected chi connectivity index (χ3v) is 3.20. The summed E-state index contributed by atoms with van der Waals surface area (Å²) >= 11 is 0. The van der Waals surface area contributed by atoms with Crippen molar-refractivity contribution in [3.63, 3.8) is 0 Å². The van der Waals surface area contributed by atoms with Gasteiger partial charge in [0.2, 0.25) is 0 Å². The average Bonchev–Trinajstić information content (AvgIpc) is 2.63. The summed E-state index contributed by atoms with van der Waals surface area (Å²) in [4.78, 5) is 2.39. The fourth-order valence-electron chi connectivity index (χ4n) is 2.09. The molecule has 0 aliphatic carbocycles. The van der Waals surface area contributed by atoms with Gasteiger partial charge in [-0.15, -0.1) is 0 Å². The first-order valence-corrected chi connectivity index (χ1v) is 5.66. The Kier molecular flexibility index (Phi) is 3.27. The molecule has 1 heterocycles. The van der Waals surface area contributed by atoms with Crippen LogP contribution in [0.4, 0.5) is 0 Å². The summed E-state index contributed by atoms with van der Waals surface area (Å²) in [5.74, 6) is 1.03. The van der Waals surface area contributed by atoms with Crippen LogP contribution in [0.1, 0.15) is 18.4 Å². The maximum atomic E-state index is 5.85. The van der Waals surface area contributed by atoms with Crippen molar-refractivity contribution in [2.45, 2.75) is 25.8 Å². The Morgan fingerprint density at radius 1 is 1.40 bits per heavy atom. The molecule has 1 aromatic rings. The van der Waals surface area contributed by atoms with Crippen molar-refractivity contribution < 1.29 is 4.74 Å². The summed E-state index contributed by atoms with van der Waals surface area (Å²) in [6, 6.07) is 8.81. The van der Waals surface area contributed by atoms with Crippen molar-refractivity contribution in [1.29, 1.82) is 0 Å². The van der Waals surface area contributed by atoms with Crippen LogP contribution < -0.4 is 4.74 Å². The van der Waals surface area contributed by atoms with Gasteiger partial charge in [0.25, 0.3) is 0 Å². The normalized spacial score (nSPS) is 21.9. The highest BCUT2D eigenvalue weighted by Crippen LogP contribution is 2.19. The molecule has 82 valence electrons. The summed E-state index contributed by atoms with van der Waals surface area (Å²) in [6.07, 6.45) is 2.57. The number of rotatable bonds is 3. The van der Waals surface area contributed by atoms with Crippen molar-refractivity contribution >= 4 is 0 Å². The van der Waals surface area contributed by atoms with E-state index in [9.17, 15) is 0 Å². The van der Waals surface area contributed by atoms with Gasteiger partial charge in [-0.1, -0.05) is 18.2 Å². The zero-order valence-electron chi connectivity index (χ0n) is 9.57. The predicted molar refractivity (Wildman–Crippen MR) is 62.3 cm³/mol. The van der Waals surface area contributed by atoms with E-state index in [1.54, 1.807) is 0 Å². The number of likely N-dealkylation sites (N-methyl/N-ethyl adjacent to an activating group) is 1. The molecule has 1 aromatic carbocycles. The van der Waals surface area contributed by atoms with Crippen LogP contribution in [-0.4, -0.2) is 31.1 Å².